The molecule has 0 spiro atoms. The number of methoxy groups -OCH3 is 1. The third-order valence-corrected chi connectivity index (χ3v) is 2.59. The number of aryl methyl sites for hydroxylation is 1. The van der Waals surface area contributed by atoms with Crippen molar-refractivity contribution in [2.24, 2.45) is 0 Å². The van der Waals surface area contributed by atoms with Gasteiger partial charge in [0.05, 0.1) is 24.4 Å². The minimum Gasteiger partial charge on any atom is -0.387 e. The molecular weight excluding hydrogens is 260 g/mol. The lowest BCUT2D eigenvalue weighted by atomic mass is 10.2. The van der Waals surface area contributed by atoms with E-state index in [2.05, 4.69) is 20.9 Å². The average Bonchev–Trinajstić information content (AvgIpc) is 2.44. The van der Waals surface area contributed by atoms with Crippen molar-refractivity contribution in [3.63, 3.8) is 0 Å². The number of nitrogens with zero attached hydrogens (tertiary/aromatic N) is 1. The second-order valence-corrected chi connectivity index (χ2v) is 4.15. The van der Waals surface area contributed by atoms with Gasteiger partial charge in [-0.3, -0.25) is 14.6 Å². The number of carbonyl (C=O) groups excluding carboxylic acids is 2. The number of carbonyl (C=O) groups is 2. The van der Waals surface area contributed by atoms with E-state index in [1.54, 1.807) is 20.2 Å². The molecule has 0 aromatic carbocycles. The highest BCUT2D eigenvalue weighted by atomic mass is 16.5. The fourth-order valence-corrected chi connectivity index (χ4v) is 1.56. The van der Waals surface area contributed by atoms with Crippen molar-refractivity contribution in [3.05, 3.63) is 23.5 Å². The van der Waals surface area contributed by atoms with E-state index in [0.29, 0.717) is 24.4 Å². The molecule has 0 saturated carbocycles. The molecule has 20 heavy (non-hydrogen) atoms. The van der Waals surface area contributed by atoms with Gasteiger partial charge in [0, 0.05) is 32.6 Å². The number of rotatable bonds is 7. The summed E-state index contributed by atoms with van der Waals surface area (Å²) >= 11 is 0. The van der Waals surface area contributed by atoms with Crippen LogP contribution in [0.1, 0.15) is 16.1 Å². The molecule has 0 aliphatic carbocycles. The fourth-order valence-electron chi connectivity index (χ4n) is 1.56. The molecule has 0 aliphatic rings. The quantitative estimate of drug-likeness (QED) is 0.608. The predicted octanol–water partition coefficient (Wildman–Crippen LogP) is -0.0759. The minimum absolute atomic E-state index is 0.0838. The monoisotopic (exact) mass is 280 g/mol. The van der Waals surface area contributed by atoms with Crippen LogP contribution in [0.25, 0.3) is 0 Å². The van der Waals surface area contributed by atoms with Crippen molar-refractivity contribution < 1.29 is 14.3 Å². The summed E-state index contributed by atoms with van der Waals surface area (Å²) in [5.74, 6) is -0.606. The van der Waals surface area contributed by atoms with Crippen molar-refractivity contribution in [2.45, 2.75) is 6.92 Å². The van der Waals surface area contributed by atoms with E-state index < -0.39 is 0 Å². The number of pyridine rings is 1. The number of aromatic nitrogens is 1. The standard InChI is InChI=1S/C13H20N4O3/c1-9-6-11(14-2)10(7-16-9)13(19)17-8-12(18)15-4-5-20-3/h6-7H,4-5,8H2,1-3H3,(H,14,16)(H,15,18)(H,17,19). The van der Waals surface area contributed by atoms with Gasteiger partial charge in [-0.2, -0.15) is 0 Å². The first-order chi connectivity index (χ1) is 9.58. The van der Waals surface area contributed by atoms with Crippen LogP contribution < -0.4 is 16.0 Å². The number of amides is 2. The van der Waals surface area contributed by atoms with Crippen LogP contribution in [0, 0.1) is 6.92 Å². The number of ether oxygens (including phenoxy) is 1. The van der Waals surface area contributed by atoms with E-state index in [1.165, 1.54) is 6.20 Å². The molecule has 0 aliphatic heterocycles. The normalized spacial score (nSPS) is 9.95. The van der Waals surface area contributed by atoms with Crippen LogP contribution in [0.2, 0.25) is 0 Å². The van der Waals surface area contributed by atoms with Gasteiger partial charge < -0.3 is 20.7 Å². The Morgan fingerprint density at radius 1 is 1.35 bits per heavy atom. The number of nitrogens with one attached hydrogen (secondary N) is 3. The van der Waals surface area contributed by atoms with Crippen LogP contribution in [0.4, 0.5) is 5.69 Å². The molecular formula is C13H20N4O3. The summed E-state index contributed by atoms with van der Waals surface area (Å²) in [6, 6.07) is 1.77. The molecule has 7 nitrogen and oxygen atoms in total. The number of anilines is 1. The van der Waals surface area contributed by atoms with E-state index in [-0.39, 0.29) is 18.4 Å². The van der Waals surface area contributed by atoms with E-state index in [9.17, 15) is 9.59 Å². The van der Waals surface area contributed by atoms with Gasteiger partial charge in [-0.05, 0) is 13.0 Å². The van der Waals surface area contributed by atoms with Crippen LogP contribution >= 0.6 is 0 Å². The third-order valence-electron chi connectivity index (χ3n) is 2.59. The summed E-state index contributed by atoms with van der Waals surface area (Å²) in [6.45, 7) is 2.61. The summed E-state index contributed by atoms with van der Waals surface area (Å²) in [6.07, 6.45) is 1.49. The highest BCUT2D eigenvalue weighted by Crippen LogP contribution is 2.14. The number of hydrogen-bond donors (Lipinski definition) is 3. The van der Waals surface area contributed by atoms with E-state index >= 15 is 0 Å². The first kappa shape index (κ1) is 15.9. The first-order valence-corrected chi connectivity index (χ1v) is 6.26. The molecule has 0 bridgehead atoms. The zero-order chi connectivity index (χ0) is 15.0. The van der Waals surface area contributed by atoms with E-state index in [4.69, 9.17) is 4.74 Å². The highest BCUT2D eigenvalue weighted by molar-refractivity contribution is 6.00. The van der Waals surface area contributed by atoms with Gasteiger partial charge in [0.25, 0.3) is 5.91 Å². The van der Waals surface area contributed by atoms with Crippen LogP contribution in [0.15, 0.2) is 12.3 Å². The summed E-state index contributed by atoms with van der Waals surface area (Å²) in [5.41, 5.74) is 1.89. The van der Waals surface area contributed by atoms with Crippen molar-refractivity contribution in [1.29, 1.82) is 0 Å². The lowest BCUT2D eigenvalue weighted by Gasteiger charge is -2.10. The molecule has 1 heterocycles. The molecule has 0 unspecified atom stereocenters. The lowest BCUT2D eigenvalue weighted by molar-refractivity contribution is -0.120. The molecule has 0 fully saturated rings. The highest BCUT2D eigenvalue weighted by Gasteiger charge is 2.12. The van der Waals surface area contributed by atoms with Crippen molar-refractivity contribution in [1.82, 2.24) is 15.6 Å². The van der Waals surface area contributed by atoms with Crippen molar-refractivity contribution >= 4 is 17.5 Å². The van der Waals surface area contributed by atoms with Crippen LogP contribution in [0.5, 0.6) is 0 Å². The Kier molecular flexibility index (Phi) is 6.45. The Labute approximate surface area is 118 Å². The van der Waals surface area contributed by atoms with Gasteiger partial charge in [0.1, 0.15) is 0 Å². The number of hydrogen-bond acceptors (Lipinski definition) is 5. The molecule has 3 N–H and O–H groups in total. The fraction of sp³-hybridized carbons (Fsp3) is 0.462. The SMILES string of the molecule is CNc1cc(C)ncc1C(=O)NCC(=O)NCCOC. The van der Waals surface area contributed by atoms with E-state index in [1.807, 2.05) is 6.92 Å². The Morgan fingerprint density at radius 2 is 2.10 bits per heavy atom. The molecule has 1 aromatic heterocycles. The molecule has 2 amide bonds. The zero-order valence-electron chi connectivity index (χ0n) is 11.9. The Morgan fingerprint density at radius 3 is 2.75 bits per heavy atom. The zero-order valence-corrected chi connectivity index (χ0v) is 11.9. The van der Waals surface area contributed by atoms with Gasteiger partial charge in [-0.1, -0.05) is 0 Å². The topological polar surface area (TPSA) is 92.4 Å². The van der Waals surface area contributed by atoms with Crippen LogP contribution in [0.3, 0.4) is 0 Å². The van der Waals surface area contributed by atoms with Crippen LogP contribution in [-0.2, 0) is 9.53 Å². The van der Waals surface area contributed by atoms with Gasteiger partial charge >= 0.3 is 0 Å². The molecule has 1 aromatic rings. The molecule has 0 atom stereocenters. The Balaban J connectivity index is 2.52. The maximum Gasteiger partial charge on any atom is 0.255 e. The maximum atomic E-state index is 12.0. The van der Waals surface area contributed by atoms with Gasteiger partial charge in [0.2, 0.25) is 5.91 Å². The summed E-state index contributed by atoms with van der Waals surface area (Å²) in [4.78, 5) is 27.5. The molecule has 7 heteroatoms. The average molecular weight is 280 g/mol. The third kappa shape index (κ3) is 4.85. The first-order valence-electron chi connectivity index (χ1n) is 6.26. The van der Waals surface area contributed by atoms with Crippen molar-refractivity contribution in [3.8, 4) is 0 Å². The minimum atomic E-state index is -0.344. The maximum absolute atomic E-state index is 12.0. The largest absolute Gasteiger partial charge is 0.387 e. The summed E-state index contributed by atoms with van der Waals surface area (Å²) in [7, 11) is 3.28. The lowest BCUT2D eigenvalue weighted by Crippen LogP contribution is -2.38. The second kappa shape index (κ2) is 8.11. The summed E-state index contributed by atoms with van der Waals surface area (Å²) < 4.78 is 4.81. The second-order valence-electron chi connectivity index (χ2n) is 4.15. The van der Waals surface area contributed by atoms with Crippen LogP contribution in [-0.4, -0.2) is 50.7 Å². The summed E-state index contributed by atoms with van der Waals surface area (Å²) in [5, 5.41) is 8.10. The van der Waals surface area contributed by atoms with Gasteiger partial charge in [-0.25, -0.2) is 0 Å². The van der Waals surface area contributed by atoms with Gasteiger partial charge in [-0.15, -0.1) is 0 Å². The van der Waals surface area contributed by atoms with E-state index in [0.717, 1.165) is 5.69 Å². The Bertz CT molecular complexity index is 477. The van der Waals surface area contributed by atoms with Crippen molar-refractivity contribution in [2.75, 3.05) is 39.2 Å². The van der Waals surface area contributed by atoms with Gasteiger partial charge in [0.15, 0.2) is 0 Å². The predicted molar refractivity (Wildman–Crippen MR) is 75.7 cm³/mol. The molecule has 110 valence electrons. The molecule has 0 radical (unpaired) electrons. The smallest absolute Gasteiger partial charge is 0.255 e. The molecule has 1 rings (SSSR count). The molecule has 0 saturated heterocycles. The Hall–Kier alpha value is -2.15.